The number of hydrogen-bond acceptors (Lipinski definition) is 5. The fourth-order valence-electron chi connectivity index (χ4n) is 2.91. The molecule has 0 radical (unpaired) electrons. The molecule has 1 saturated heterocycles. The first-order valence-corrected chi connectivity index (χ1v) is 8.24. The number of aromatic nitrogens is 2. The molecule has 2 rings (SSSR count). The zero-order valence-electron chi connectivity index (χ0n) is 14.4. The third kappa shape index (κ3) is 4.89. The van der Waals surface area contributed by atoms with Crippen molar-refractivity contribution in [3.05, 3.63) is 27.9 Å². The Morgan fingerprint density at radius 2 is 2.21 bits per heavy atom. The van der Waals surface area contributed by atoms with E-state index in [0.717, 1.165) is 6.54 Å². The van der Waals surface area contributed by atoms with E-state index < -0.39 is 6.04 Å². The van der Waals surface area contributed by atoms with Crippen LogP contribution in [-0.4, -0.2) is 58.4 Å². The molecule has 2 amide bonds. The lowest BCUT2D eigenvalue weighted by Crippen LogP contribution is -2.58. The predicted molar refractivity (Wildman–Crippen MR) is 89.6 cm³/mol. The minimum Gasteiger partial charge on any atom is -0.356 e. The van der Waals surface area contributed by atoms with E-state index in [1.807, 2.05) is 18.7 Å². The molecular weight excluding hydrogens is 310 g/mol. The van der Waals surface area contributed by atoms with Crippen molar-refractivity contribution < 1.29 is 9.59 Å². The van der Waals surface area contributed by atoms with Crippen LogP contribution >= 0.6 is 0 Å². The molecule has 1 unspecified atom stereocenters. The number of nitrogens with one attached hydrogen (secondary N) is 3. The number of H-pyrrole nitrogens is 1. The third-order valence-corrected chi connectivity index (χ3v) is 4.03. The van der Waals surface area contributed by atoms with Crippen LogP contribution in [0.4, 0.5) is 0 Å². The van der Waals surface area contributed by atoms with Crippen LogP contribution in [-0.2, 0) is 16.0 Å². The fraction of sp³-hybridized carbons (Fsp3) is 0.625. The van der Waals surface area contributed by atoms with Gasteiger partial charge in [0.1, 0.15) is 5.82 Å². The number of nitrogens with zero attached hydrogens (tertiary/aromatic N) is 2. The van der Waals surface area contributed by atoms with E-state index in [1.165, 1.54) is 6.07 Å². The van der Waals surface area contributed by atoms with E-state index in [2.05, 4.69) is 20.6 Å². The van der Waals surface area contributed by atoms with Crippen molar-refractivity contribution in [3.63, 3.8) is 0 Å². The number of rotatable bonds is 6. The molecular formula is C16H25N5O3. The van der Waals surface area contributed by atoms with Crippen LogP contribution in [0.5, 0.6) is 0 Å². The predicted octanol–water partition coefficient (Wildman–Crippen LogP) is -0.664. The first kappa shape index (κ1) is 18.1. The van der Waals surface area contributed by atoms with E-state index >= 15 is 0 Å². The number of aromatic amines is 1. The molecule has 1 aromatic rings. The Morgan fingerprint density at radius 1 is 1.46 bits per heavy atom. The second-order valence-corrected chi connectivity index (χ2v) is 6.26. The summed E-state index contributed by atoms with van der Waals surface area (Å²) in [5.74, 6) is 0.275. The monoisotopic (exact) mass is 335 g/mol. The SMILES string of the molecule is Cc1nc(CCNC(=O)CC2C(=O)NCCN2C(C)C)cc(=O)[nH]1. The summed E-state index contributed by atoms with van der Waals surface area (Å²) >= 11 is 0. The van der Waals surface area contributed by atoms with Gasteiger partial charge >= 0.3 is 0 Å². The summed E-state index contributed by atoms with van der Waals surface area (Å²) in [5.41, 5.74) is 0.436. The van der Waals surface area contributed by atoms with Gasteiger partial charge in [0, 0.05) is 43.9 Å². The molecule has 24 heavy (non-hydrogen) atoms. The first-order valence-electron chi connectivity index (χ1n) is 8.24. The number of amides is 2. The van der Waals surface area contributed by atoms with Crippen molar-refractivity contribution in [1.29, 1.82) is 0 Å². The zero-order valence-corrected chi connectivity index (χ0v) is 14.4. The largest absolute Gasteiger partial charge is 0.356 e. The van der Waals surface area contributed by atoms with Crippen molar-refractivity contribution in [2.24, 2.45) is 0 Å². The van der Waals surface area contributed by atoms with Gasteiger partial charge in [0.2, 0.25) is 11.8 Å². The lowest BCUT2D eigenvalue weighted by atomic mass is 10.1. The average molecular weight is 335 g/mol. The Kier molecular flexibility index (Phi) is 6.08. The molecule has 0 saturated carbocycles. The van der Waals surface area contributed by atoms with Crippen LogP contribution in [0, 0.1) is 6.92 Å². The second kappa shape index (κ2) is 8.05. The molecule has 8 nitrogen and oxygen atoms in total. The molecule has 0 spiro atoms. The number of hydrogen-bond donors (Lipinski definition) is 3. The van der Waals surface area contributed by atoms with Crippen LogP contribution in [0.1, 0.15) is 31.8 Å². The maximum Gasteiger partial charge on any atom is 0.251 e. The normalized spacial score (nSPS) is 18.5. The lowest BCUT2D eigenvalue weighted by Gasteiger charge is -2.37. The van der Waals surface area contributed by atoms with Crippen molar-refractivity contribution in [2.75, 3.05) is 19.6 Å². The molecule has 1 fully saturated rings. The summed E-state index contributed by atoms with van der Waals surface area (Å²) in [6, 6.07) is 1.20. The van der Waals surface area contributed by atoms with Gasteiger partial charge < -0.3 is 15.6 Å². The van der Waals surface area contributed by atoms with Crippen molar-refractivity contribution in [3.8, 4) is 0 Å². The summed E-state index contributed by atoms with van der Waals surface area (Å²) in [6.07, 6.45) is 0.604. The zero-order chi connectivity index (χ0) is 17.7. The van der Waals surface area contributed by atoms with Crippen molar-refractivity contribution in [1.82, 2.24) is 25.5 Å². The van der Waals surface area contributed by atoms with Gasteiger partial charge in [-0.2, -0.15) is 0 Å². The lowest BCUT2D eigenvalue weighted by molar-refractivity contribution is -0.134. The van der Waals surface area contributed by atoms with Gasteiger partial charge in [-0.1, -0.05) is 0 Å². The summed E-state index contributed by atoms with van der Waals surface area (Å²) in [7, 11) is 0. The van der Waals surface area contributed by atoms with E-state index in [1.54, 1.807) is 6.92 Å². The first-order chi connectivity index (χ1) is 11.4. The molecule has 8 heteroatoms. The number of aryl methyl sites for hydroxylation is 1. The van der Waals surface area contributed by atoms with Gasteiger partial charge in [0.05, 0.1) is 12.5 Å². The molecule has 2 heterocycles. The summed E-state index contributed by atoms with van der Waals surface area (Å²) in [5, 5.41) is 5.61. The fourth-order valence-corrected chi connectivity index (χ4v) is 2.91. The van der Waals surface area contributed by atoms with Crippen LogP contribution < -0.4 is 16.2 Å². The molecule has 0 aliphatic carbocycles. The minimum atomic E-state index is -0.432. The van der Waals surface area contributed by atoms with Crippen LogP contribution in [0.15, 0.2) is 10.9 Å². The number of carbonyl (C=O) groups is 2. The minimum absolute atomic E-state index is 0.100. The smallest absolute Gasteiger partial charge is 0.251 e. The Morgan fingerprint density at radius 3 is 2.88 bits per heavy atom. The highest BCUT2D eigenvalue weighted by molar-refractivity contribution is 5.88. The van der Waals surface area contributed by atoms with E-state index in [0.29, 0.717) is 31.0 Å². The number of carbonyl (C=O) groups excluding carboxylic acids is 2. The molecule has 0 bridgehead atoms. The highest BCUT2D eigenvalue weighted by Gasteiger charge is 2.32. The topological polar surface area (TPSA) is 107 Å². The van der Waals surface area contributed by atoms with Gasteiger partial charge in [-0.05, 0) is 20.8 Å². The molecule has 0 aromatic carbocycles. The highest BCUT2D eigenvalue weighted by atomic mass is 16.2. The molecule has 1 aliphatic rings. The Hall–Kier alpha value is -2.22. The standard InChI is InChI=1S/C16H25N5O3/c1-10(2)21-7-6-18-16(24)13(21)9-14(22)17-5-4-12-8-15(23)20-11(3)19-12/h8,10,13H,4-7,9H2,1-3H3,(H,17,22)(H,18,24)(H,19,20,23). The average Bonchev–Trinajstić information content (AvgIpc) is 2.48. The van der Waals surface area contributed by atoms with E-state index in [-0.39, 0.29) is 29.8 Å². The van der Waals surface area contributed by atoms with E-state index in [4.69, 9.17) is 0 Å². The Balaban J connectivity index is 1.85. The molecule has 1 aromatic heterocycles. The van der Waals surface area contributed by atoms with Crippen LogP contribution in [0.2, 0.25) is 0 Å². The maximum absolute atomic E-state index is 12.1. The maximum atomic E-state index is 12.1. The van der Waals surface area contributed by atoms with Crippen molar-refractivity contribution >= 4 is 11.8 Å². The van der Waals surface area contributed by atoms with Crippen LogP contribution in [0.3, 0.4) is 0 Å². The number of piperazine rings is 1. The van der Waals surface area contributed by atoms with Gasteiger partial charge in [-0.25, -0.2) is 4.98 Å². The highest BCUT2D eigenvalue weighted by Crippen LogP contribution is 2.12. The second-order valence-electron chi connectivity index (χ2n) is 6.26. The van der Waals surface area contributed by atoms with Gasteiger partial charge in [0.15, 0.2) is 0 Å². The summed E-state index contributed by atoms with van der Waals surface area (Å²) < 4.78 is 0. The summed E-state index contributed by atoms with van der Waals surface area (Å²) in [4.78, 5) is 44.4. The van der Waals surface area contributed by atoms with Gasteiger partial charge in [-0.3, -0.25) is 19.3 Å². The quantitative estimate of drug-likeness (QED) is 0.639. The van der Waals surface area contributed by atoms with Crippen molar-refractivity contribution in [2.45, 2.75) is 45.7 Å². The Labute approximate surface area is 141 Å². The molecule has 132 valence electrons. The Bertz CT molecular complexity index is 655. The van der Waals surface area contributed by atoms with Gasteiger partial charge in [-0.15, -0.1) is 0 Å². The van der Waals surface area contributed by atoms with Crippen LogP contribution in [0.25, 0.3) is 0 Å². The third-order valence-electron chi connectivity index (χ3n) is 4.03. The molecule has 3 N–H and O–H groups in total. The van der Waals surface area contributed by atoms with Gasteiger partial charge in [0.25, 0.3) is 5.56 Å². The molecule has 1 aliphatic heterocycles. The molecule has 1 atom stereocenters. The van der Waals surface area contributed by atoms with E-state index in [9.17, 15) is 14.4 Å². The summed E-state index contributed by atoms with van der Waals surface area (Å²) in [6.45, 7) is 7.49.